The third-order valence-corrected chi connectivity index (χ3v) is 1.77. The molecule has 0 rings (SSSR count). The predicted octanol–water partition coefficient (Wildman–Crippen LogP) is -0.761. The molecule has 0 saturated heterocycles. The van der Waals surface area contributed by atoms with Gasteiger partial charge in [-0.15, -0.1) is 0 Å². The van der Waals surface area contributed by atoms with Gasteiger partial charge in [-0.05, 0) is 19.4 Å². The Bertz CT molecular complexity index is 153. The summed E-state index contributed by atoms with van der Waals surface area (Å²) >= 11 is 0. The number of aliphatic hydroxyl groups excluding tert-OH is 1. The van der Waals surface area contributed by atoms with E-state index in [9.17, 15) is 9.90 Å². The molecule has 5 nitrogen and oxygen atoms in total. The first-order valence-corrected chi connectivity index (χ1v) is 4.84. The van der Waals surface area contributed by atoms with Crippen LogP contribution in [0.3, 0.4) is 0 Å². The van der Waals surface area contributed by atoms with E-state index < -0.39 is 6.10 Å². The molecule has 1 atom stereocenters. The first-order chi connectivity index (χ1) is 6.70. The van der Waals surface area contributed by atoms with Gasteiger partial charge in [-0.25, -0.2) is 0 Å². The standard InChI is InChI=1S/C9H20N2O3/c1-14-7-8(12)4-6-11-9(13)3-2-5-10/h8,12H,2-7,10H2,1H3,(H,11,13). The fourth-order valence-corrected chi connectivity index (χ4v) is 1.00. The van der Waals surface area contributed by atoms with Crippen molar-refractivity contribution in [1.82, 2.24) is 5.32 Å². The molecule has 1 unspecified atom stereocenters. The number of methoxy groups -OCH3 is 1. The monoisotopic (exact) mass is 204 g/mol. The molecule has 0 aliphatic carbocycles. The van der Waals surface area contributed by atoms with Crippen LogP contribution in [0.25, 0.3) is 0 Å². The maximum absolute atomic E-state index is 11.1. The highest BCUT2D eigenvalue weighted by atomic mass is 16.5. The second-order valence-corrected chi connectivity index (χ2v) is 3.14. The summed E-state index contributed by atoms with van der Waals surface area (Å²) < 4.78 is 4.75. The van der Waals surface area contributed by atoms with E-state index in [1.54, 1.807) is 0 Å². The van der Waals surface area contributed by atoms with E-state index >= 15 is 0 Å². The van der Waals surface area contributed by atoms with E-state index in [2.05, 4.69) is 5.32 Å². The van der Waals surface area contributed by atoms with Gasteiger partial charge in [0.2, 0.25) is 5.91 Å². The second kappa shape index (κ2) is 8.93. The normalized spacial score (nSPS) is 12.5. The third kappa shape index (κ3) is 7.97. The SMILES string of the molecule is COCC(O)CCNC(=O)CCCN. The summed E-state index contributed by atoms with van der Waals surface area (Å²) in [7, 11) is 1.53. The molecule has 0 aromatic carbocycles. The third-order valence-electron chi connectivity index (χ3n) is 1.77. The molecule has 1 amide bonds. The Hall–Kier alpha value is -0.650. The molecule has 0 spiro atoms. The molecule has 0 aromatic heterocycles. The van der Waals surface area contributed by atoms with Gasteiger partial charge in [0.05, 0.1) is 12.7 Å². The number of nitrogens with one attached hydrogen (secondary N) is 1. The molecule has 84 valence electrons. The predicted molar refractivity (Wildman–Crippen MR) is 53.8 cm³/mol. The molecule has 0 radical (unpaired) electrons. The van der Waals surface area contributed by atoms with Crippen LogP contribution in [0.4, 0.5) is 0 Å². The molecule has 4 N–H and O–H groups in total. The van der Waals surface area contributed by atoms with Crippen LogP contribution < -0.4 is 11.1 Å². The maximum atomic E-state index is 11.1. The number of carbonyl (C=O) groups is 1. The average Bonchev–Trinajstić information content (AvgIpc) is 2.15. The molecular weight excluding hydrogens is 184 g/mol. The fourth-order valence-electron chi connectivity index (χ4n) is 1.00. The van der Waals surface area contributed by atoms with Crippen LogP contribution in [0.1, 0.15) is 19.3 Å². The summed E-state index contributed by atoms with van der Waals surface area (Å²) in [6.07, 6.45) is 1.17. The van der Waals surface area contributed by atoms with Gasteiger partial charge >= 0.3 is 0 Å². The van der Waals surface area contributed by atoms with E-state index in [1.807, 2.05) is 0 Å². The number of aliphatic hydroxyl groups is 1. The van der Waals surface area contributed by atoms with Crippen molar-refractivity contribution >= 4 is 5.91 Å². The number of hydrogen-bond donors (Lipinski definition) is 3. The van der Waals surface area contributed by atoms with Crippen LogP contribution >= 0.6 is 0 Å². The lowest BCUT2D eigenvalue weighted by Gasteiger charge is -2.09. The molecule has 0 saturated carbocycles. The second-order valence-electron chi connectivity index (χ2n) is 3.14. The van der Waals surface area contributed by atoms with Gasteiger partial charge in [0.25, 0.3) is 0 Å². The minimum Gasteiger partial charge on any atom is -0.391 e. The van der Waals surface area contributed by atoms with Gasteiger partial charge < -0.3 is 20.9 Å². The Morgan fingerprint density at radius 2 is 2.36 bits per heavy atom. The number of rotatable bonds is 8. The highest BCUT2D eigenvalue weighted by Crippen LogP contribution is 1.91. The average molecular weight is 204 g/mol. The zero-order valence-corrected chi connectivity index (χ0v) is 8.66. The van der Waals surface area contributed by atoms with E-state index in [4.69, 9.17) is 10.5 Å². The van der Waals surface area contributed by atoms with E-state index in [0.717, 1.165) is 0 Å². The number of nitrogens with two attached hydrogens (primary N) is 1. The fraction of sp³-hybridized carbons (Fsp3) is 0.889. The Morgan fingerprint density at radius 3 is 2.93 bits per heavy atom. The molecule has 0 heterocycles. The quantitative estimate of drug-likeness (QED) is 0.485. The summed E-state index contributed by atoms with van der Waals surface area (Å²) in [5, 5.41) is 11.9. The molecule has 0 aliphatic rings. The zero-order valence-electron chi connectivity index (χ0n) is 8.66. The van der Waals surface area contributed by atoms with Crippen LogP contribution in [0.2, 0.25) is 0 Å². The zero-order chi connectivity index (χ0) is 10.8. The summed E-state index contributed by atoms with van der Waals surface area (Å²) in [5.74, 6) is -0.0138. The van der Waals surface area contributed by atoms with Crippen molar-refractivity contribution in [3.8, 4) is 0 Å². The van der Waals surface area contributed by atoms with E-state index in [-0.39, 0.29) is 5.91 Å². The lowest BCUT2D eigenvalue weighted by molar-refractivity contribution is -0.121. The first-order valence-electron chi connectivity index (χ1n) is 4.84. The van der Waals surface area contributed by atoms with Crippen molar-refractivity contribution in [2.75, 3.05) is 26.8 Å². The molecular formula is C9H20N2O3. The van der Waals surface area contributed by atoms with Gasteiger partial charge in [0, 0.05) is 20.1 Å². The number of hydrogen-bond acceptors (Lipinski definition) is 4. The Morgan fingerprint density at radius 1 is 1.64 bits per heavy atom. The van der Waals surface area contributed by atoms with E-state index in [0.29, 0.717) is 39.0 Å². The lowest BCUT2D eigenvalue weighted by Crippen LogP contribution is -2.28. The summed E-state index contributed by atoms with van der Waals surface area (Å²) in [5.41, 5.74) is 5.26. The Kier molecular flexibility index (Phi) is 8.51. The maximum Gasteiger partial charge on any atom is 0.220 e. The minimum atomic E-state index is -0.505. The van der Waals surface area contributed by atoms with Crippen molar-refractivity contribution in [1.29, 1.82) is 0 Å². The highest BCUT2D eigenvalue weighted by Gasteiger charge is 2.04. The van der Waals surface area contributed by atoms with Gasteiger partial charge in [0.15, 0.2) is 0 Å². The summed E-state index contributed by atoms with van der Waals surface area (Å²) in [6, 6.07) is 0. The van der Waals surface area contributed by atoms with Crippen LogP contribution in [0.15, 0.2) is 0 Å². The Labute approximate surface area is 84.6 Å². The van der Waals surface area contributed by atoms with Crippen LogP contribution in [0.5, 0.6) is 0 Å². The molecule has 0 aromatic rings. The van der Waals surface area contributed by atoms with Gasteiger partial charge in [0.1, 0.15) is 0 Å². The molecule has 0 fully saturated rings. The number of carbonyl (C=O) groups excluding carboxylic acids is 1. The van der Waals surface area contributed by atoms with Gasteiger partial charge in [-0.2, -0.15) is 0 Å². The van der Waals surface area contributed by atoms with Crippen molar-refractivity contribution in [3.05, 3.63) is 0 Å². The highest BCUT2D eigenvalue weighted by molar-refractivity contribution is 5.75. The molecule has 5 heteroatoms. The van der Waals surface area contributed by atoms with Gasteiger partial charge in [-0.1, -0.05) is 0 Å². The van der Waals surface area contributed by atoms with Crippen molar-refractivity contribution in [3.63, 3.8) is 0 Å². The molecule has 14 heavy (non-hydrogen) atoms. The van der Waals surface area contributed by atoms with Crippen molar-refractivity contribution in [2.45, 2.75) is 25.4 Å². The molecule has 0 aliphatic heterocycles. The van der Waals surface area contributed by atoms with Crippen LogP contribution in [-0.2, 0) is 9.53 Å². The molecule has 0 bridgehead atoms. The number of ether oxygens (including phenoxy) is 1. The topological polar surface area (TPSA) is 84.6 Å². The smallest absolute Gasteiger partial charge is 0.220 e. The van der Waals surface area contributed by atoms with Gasteiger partial charge in [-0.3, -0.25) is 4.79 Å². The summed E-state index contributed by atoms with van der Waals surface area (Å²) in [4.78, 5) is 11.1. The summed E-state index contributed by atoms with van der Waals surface area (Å²) in [6.45, 7) is 1.31. The van der Waals surface area contributed by atoms with Crippen LogP contribution in [-0.4, -0.2) is 43.9 Å². The van der Waals surface area contributed by atoms with Crippen molar-refractivity contribution in [2.24, 2.45) is 5.73 Å². The van der Waals surface area contributed by atoms with E-state index in [1.165, 1.54) is 7.11 Å². The Balaban J connectivity index is 3.30. The first kappa shape index (κ1) is 13.4. The minimum absolute atomic E-state index is 0.0138. The van der Waals surface area contributed by atoms with Crippen LogP contribution in [0, 0.1) is 0 Å². The van der Waals surface area contributed by atoms with Crippen molar-refractivity contribution < 1.29 is 14.6 Å². The largest absolute Gasteiger partial charge is 0.391 e. The number of amides is 1. The lowest BCUT2D eigenvalue weighted by atomic mass is 10.2.